The maximum absolute atomic E-state index is 11.3. The van der Waals surface area contributed by atoms with Gasteiger partial charge in [0.2, 0.25) is 11.7 Å². The van der Waals surface area contributed by atoms with Crippen molar-refractivity contribution in [3.05, 3.63) is 53.2 Å². The number of allylic oxidation sites excluding steroid dienone is 1. The predicted molar refractivity (Wildman–Crippen MR) is 138 cm³/mol. The molecule has 1 N–H and O–H groups in total. The maximum atomic E-state index is 11.3. The molecule has 3 rings (SSSR count). The first-order valence-electron chi connectivity index (χ1n) is 12.3. The van der Waals surface area contributed by atoms with E-state index in [2.05, 4.69) is 0 Å². The summed E-state index contributed by atoms with van der Waals surface area (Å²) in [6, 6.07) is 7.83. The molecule has 2 aromatic rings. The molecular weight excluding hydrogens is 478 g/mol. The van der Waals surface area contributed by atoms with E-state index in [-0.39, 0.29) is 12.2 Å². The molecule has 1 aliphatic heterocycles. The standard InChI is InChI=1S/C28H37NO8/c1-7-13-36-27-19(9-8-12-29(31)18(2)30)14-20(15-24(27)32-3)22-10-11-23(37-22)21-16-25(33-4)28(35-6)26(17-21)34-5/h8,12,14-17,22-23,31H,7,9-11,13H2,1-6H3. The zero-order valence-electron chi connectivity index (χ0n) is 22.4. The molecule has 0 radical (unpaired) electrons. The highest BCUT2D eigenvalue weighted by molar-refractivity contribution is 5.72. The van der Waals surface area contributed by atoms with Crippen molar-refractivity contribution in [3.8, 4) is 28.7 Å². The summed E-state index contributed by atoms with van der Waals surface area (Å²) in [7, 11) is 6.37. The molecule has 0 aliphatic carbocycles. The van der Waals surface area contributed by atoms with Gasteiger partial charge in [0.25, 0.3) is 0 Å². The minimum atomic E-state index is -0.470. The first kappa shape index (κ1) is 28.1. The lowest BCUT2D eigenvalue weighted by atomic mass is 9.99. The summed E-state index contributed by atoms with van der Waals surface area (Å²) in [6.45, 7) is 3.85. The molecule has 1 aliphatic rings. The van der Waals surface area contributed by atoms with Crippen LogP contribution in [0.15, 0.2) is 36.5 Å². The van der Waals surface area contributed by atoms with Crippen molar-refractivity contribution < 1.29 is 38.4 Å². The smallest absolute Gasteiger partial charge is 0.246 e. The summed E-state index contributed by atoms with van der Waals surface area (Å²) in [5.41, 5.74) is 2.78. The molecule has 2 aromatic carbocycles. The molecule has 0 bridgehead atoms. The van der Waals surface area contributed by atoms with Crippen molar-refractivity contribution >= 4 is 5.91 Å². The highest BCUT2D eigenvalue weighted by Crippen LogP contribution is 2.47. The van der Waals surface area contributed by atoms with Gasteiger partial charge in [-0.1, -0.05) is 13.0 Å². The molecule has 9 nitrogen and oxygen atoms in total. The molecule has 37 heavy (non-hydrogen) atoms. The van der Waals surface area contributed by atoms with Crippen LogP contribution < -0.4 is 23.7 Å². The Balaban J connectivity index is 1.90. The van der Waals surface area contributed by atoms with Gasteiger partial charge in [-0.15, -0.1) is 0 Å². The second-order valence-corrected chi connectivity index (χ2v) is 8.66. The van der Waals surface area contributed by atoms with Crippen LogP contribution in [0, 0.1) is 0 Å². The summed E-state index contributed by atoms with van der Waals surface area (Å²) in [5.74, 6) is 2.49. The van der Waals surface area contributed by atoms with Gasteiger partial charge < -0.3 is 28.4 Å². The Morgan fingerprint density at radius 3 is 1.97 bits per heavy atom. The summed E-state index contributed by atoms with van der Waals surface area (Å²) >= 11 is 0. The lowest BCUT2D eigenvalue weighted by Gasteiger charge is -2.20. The van der Waals surface area contributed by atoms with Gasteiger partial charge in [0.15, 0.2) is 23.0 Å². The summed E-state index contributed by atoms with van der Waals surface area (Å²) in [5, 5.41) is 10.2. The van der Waals surface area contributed by atoms with Crippen LogP contribution in [0.5, 0.6) is 28.7 Å². The molecule has 1 heterocycles. The van der Waals surface area contributed by atoms with E-state index in [0.29, 0.717) is 46.8 Å². The Labute approximate surface area is 218 Å². The van der Waals surface area contributed by atoms with Crippen LogP contribution in [-0.4, -0.2) is 51.2 Å². The van der Waals surface area contributed by atoms with Crippen molar-refractivity contribution in [1.29, 1.82) is 0 Å². The Bertz CT molecular complexity index is 1070. The third kappa shape index (κ3) is 6.67. The minimum Gasteiger partial charge on any atom is -0.493 e. The first-order valence-corrected chi connectivity index (χ1v) is 12.3. The van der Waals surface area contributed by atoms with Gasteiger partial charge in [0.05, 0.1) is 47.3 Å². The highest BCUT2D eigenvalue weighted by atomic mass is 16.5. The topological polar surface area (TPSA) is 95.9 Å². The predicted octanol–water partition coefficient (Wildman–Crippen LogP) is 5.40. The van der Waals surface area contributed by atoms with Gasteiger partial charge in [-0.25, -0.2) is 0 Å². The molecule has 9 heteroatoms. The fourth-order valence-corrected chi connectivity index (χ4v) is 4.34. The van der Waals surface area contributed by atoms with Gasteiger partial charge >= 0.3 is 0 Å². The number of amides is 1. The van der Waals surface area contributed by atoms with Gasteiger partial charge in [-0.05, 0) is 61.1 Å². The van der Waals surface area contributed by atoms with Crippen LogP contribution in [-0.2, 0) is 16.0 Å². The second-order valence-electron chi connectivity index (χ2n) is 8.66. The van der Waals surface area contributed by atoms with Crippen LogP contribution in [0.2, 0.25) is 0 Å². The highest BCUT2D eigenvalue weighted by Gasteiger charge is 2.31. The van der Waals surface area contributed by atoms with Crippen LogP contribution in [0.3, 0.4) is 0 Å². The molecule has 1 saturated heterocycles. The largest absolute Gasteiger partial charge is 0.493 e. The Kier molecular flexibility index (Phi) is 10.0. The minimum absolute atomic E-state index is 0.150. The lowest BCUT2D eigenvalue weighted by molar-refractivity contribution is -0.151. The van der Waals surface area contributed by atoms with Crippen molar-refractivity contribution in [2.24, 2.45) is 0 Å². The normalized spacial score (nSPS) is 17.1. The molecule has 0 aromatic heterocycles. The Morgan fingerprint density at radius 2 is 1.49 bits per heavy atom. The van der Waals surface area contributed by atoms with E-state index in [1.807, 2.05) is 31.2 Å². The summed E-state index contributed by atoms with van der Waals surface area (Å²) in [6.07, 6.45) is 5.62. The van der Waals surface area contributed by atoms with E-state index in [9.17, 15) is 10.0 Å². The van der Waals surface area contributed by atoms with Crippen molar-refractivity contribution in [2.45, 2.75) is 51.7 Å². The van der Waals surface area contributed by atoms with Crippen molar-refractivity contribution in [1.82, 2.24) is 5.06 Å². The number of hydrogen-bond acceptors (Lipinski definition) is 8. The number of hydroxylamine groups is 2. The van der Waals surface area contributed by atoms with E-state index in [0.717, 1.165) is 36.0 Å². The fraction of sp³-hybridized carbons (Fsp3) is 0.464. The number of ether oxygens (including phenoxy) is 6. The van der Waals surface area contributed by atoms with Crippen LogP contribution in [0.4, 0.5) is 0 Å². The molecular formula is C28H37NO8. The number of carbonyl (C=O) groups is 1. The molecule has 2 unspecified atom stereocenters. The van der Waals surface area contributed by atoms with E-state index >= 15 is 0 Å². The number of benzene rings is 2. The average Bonchev–Trinajstić information content (AvgIpc) is 3.41. The van der Waals surface area contributed by atoms with Gasteiger partial charge in [0.1, 0.15) is 0 Å². The number of nitrogens with zero attached hydrogens (tertiary/aromatic N) is 1. The molecule has 2 atom stereocenters. The zero-order valence-corrected chi connectivity index (χ0v) is 22.4. The van der Waals surface area contributed by atoms with E-state index in [4.69, 9.17) is 28.4 Å². The zero-order chi connectivity index (χ0) is 26.9. The average molecular weight is 516 g/mol. The van der Waals surface area contributed by atoms with E-state index < -0.39 is 5.91 Å². The van der Waals surface area contributed by atoms with Gasteiger partial charge in [-0.2, -0.15) is 5.06 Å². The third-order valence-electron chi connectivity index (χ3n) is 6.18. The molecule has 0 spiro atoms. The lowest BCUT2D eigenvalue weighted by Crippen LogP contribution is -2.17. The number of hydrogen-bond donors (Lipinski definition) is 1. The molecule has 1 fully saturated rings. The quantitative estimate of drug-likeness (QED) is 0.297. The van der Waals surface area contributed by atoms with E-state index in [1.165, 1.54) is 13.1 Å². The number of rotatable bonds is 12. The van der Waals surface area contributed by atoms with Crippen LogP contribution >= 0.6 is 0 Å². The Morgan fingerprint density at radius 1 is 0.946 bits per heavy atom. The maximum Gasteiger partial charge on any atom is 0.246 e. The van der Waals surface area contributed by atoms with E-state index in [1.54, 1.807) is 34.5 Å². The molecule has 202 valence electrons. The Hall–Kier alpha value is -3.43. The number of carbonyl (C=O) groups excluding carboxylic acids is 1. The van der Waals surface area contributed by atoms with Gasteiger partial charge in [-0.3, -0.25) is 10.0 Å². The second kappa shape index (κ2) is 13.2. The monoisotopic (exact) mass is 515 g/mol. The fourth-order valence-electron chi connectivity index (χ4n) is 4.34. The summed E-state index contributed by atoms with van der Waals surface area (Å²) < 4.78 is 34.7. The van der Waals surface area contributed by atoms with Crippen LogP contribution in [0.1, 0.15) is 62.0 Å². The van der Waals surface area contributed by atoms with Gasteiger partial charge in [0, 0.05) is 18.7 Å². The van der Waals surface area contributed by atoms with Crippen molar-refractivity contribution in [3.63, 3.8) is 0 Å². The molecule has 0 saturated carbocycles. The third-order valence-corrected chi connectivity index (χ3v) is 6.18. The summed E-state index contributed by atoms with van der Waals surface area (Å²) in [4.78, 5) is 11.3. The molecule has 1 amide bonds. The SMILES string of the molecule is CCCOc1c(CC=CN(O)C(C)=O)cc(C2CCC(c3cc(OC)c(OC)c(OC)c3)O2)cc1OC. The van der Waals surface area contributed by atoms with Crippen LogP contribution in [0.25, 0.3) is 0 Å². The number of methoxy groups -OCH3 is 4. The first-order chi connectivity index (χ1) is 17.9. The van der Waals surface area contributed by atoms with Crippen molar-refractivity contribution in [2.75, 3.05) is 35.0 Å².